The lowest BCUT2D eigenvalue weighted by atomic mass is 9.91. The predicted molar refractivity (Wildman–Crippen MR) is 111 cm³/mol. The summed E-state index contributed by atoms with van der Waals surface area (Å²) >= 11 is 0. The number of aliphatic carboxylic acids is 1. The number of piperidine rings is 1. The first-order chi connectivity index (χ1) is 14.9. The van der Waals surface area contributed by atoms with Crippen molar-refractivity contribution in [3.63, 3.8) is 0 Å². The Morgan fingerprint density at radius 3 is 2.45 bits per heavy atom. The van der Waals surface area contributed by atoms with Gasteiger partial charge in [-0.2, -0.15) is 0 Å². The van der Waals surface area contributed by atoms with Crippen LogP contribution in [0.15, 0.2) is 30.3 Å². The zero-order chi connectivity index (χ0) is 22.2. The van der Waals surface area contributed by atoms with Gasteiger partial charge >= 0.3 is 12.1 Å². The van der Waals surface area contributed by atoms with E-state index in [-0.39, 0.29) is 18.9 Å². The molecule has 0 spiro atoms. The second-order valence-corrected chi connectivity index (χ2v) is 8.20. The lowest BCUT2D eigenvalue weighted by Crippen LogP contribution is -2.53. The molecule has 4 N–H and O–H groups in total. The first kappa shape index (κ1) is 22.6. The number of benzene rings is 1. The summed E-state index contributed by atoms with van der Waals surface area (Å²) in [6, 6.07) is 7.07. The third-order valence-electron chi connectivity index (χ3n) is 5.62. The van der Waals surface area contributed by atoms with Gasteiger partial charge in [0, 0.05) is 12.5 Å². The van der Waals surface area contributed by atoms with E-state index in [9.17, 15) is 24.3 Å². The highest BCUT2D eigenvalue weighted by atomic mass is 16.5. The van der Waals surface area contributed by atoms with Crippen molar-refractivity contribution in [3.8, 4) is 0 Å². The molecular weight excluding hydrogens is 402 g/mol. The molecule has 3 amide bonds. The van der Waals surface area contributed by atoms with E-state index in [0.717, 1.165) is 24.8 Å². The van der Waals surface area contributed by atoms with E-state index in [0.29, 0.717) is 25.3 Å². The van der Waals surface area contributed by atoms with Crippen molar-refractivity contribution in [1.29, 1.82) is 0 Å². The van der Waals surface area contributed by atoms with Crippen LogP contribution in [-0.2, 0) is 25.7 Å². The number of nitrogens with one attached hydrogen (secondary N) is 3. The Morgan fingerprint density at radius 2 is 1.81 bits per heavy atom. The van der Waals surface area contributed by atoms with Gasteiger partial charge in [-0.05, 0) is 37.2 Å². The zero-order valence-electron chi connectivity index (χ0n) is 17.3. The van der Waals surface area contributed by atoms with Gasteiger partial charge in [0.05, 0.1) is 0 Å². The average molecular weight is 431 g/mol. The number of hydrogen-bond donors (Lipinski definition) is 4. The molecule has 1 aromatic carbocycles. The minimum absolute atomic E-state index is 0.0154. The molecule has 1 saturated heterocycles. The van der Waals surface area contributed by atoms with Crippen LogP contribution < -0.4 is 16.0 Å². The lowest BCUT2D eigenvalue weighted by molar-refractivity contribution is -0.143. The Morgan fingerprint density at radius 1 is 1.06 bits per heavy atom. The molecule has 2 aliphatic rings. The summed E-state index contributed by atoms with van der Waals surface area (Å²) in [4.78, 5) is 48.7. The summed E-state index contributed by atoms with van der Waals surface area (Å²) in [7, 11) is 0. The minimum Gasteiger partial charge on any atom is -0.480 e. The highest BCUT2D eigenvalue weighted by Gasteiger charge is 2.34. The average Bonchev–Trinajstić information content (AvgIpc) is 3.57. The molecule has 0 aromatic heterocycles. The molecule has 1 saturated carbocycles. The van der Waals surface area contributed by atoms with Crippen LogP contribution in [0.25, 0.3) is 0 Å². The number of hydrogen-bond acceptors (Lipinski definition) is 5. The number of amides is 3. The van der Waals surface area contributed by atoms with Crippen LogP contribution in [0.2, 0.25) is 0 Å². The Kier molecular flexibility index (Phi) is 7.86. The van der Waals surface area contributed by atoms with Crippen LogP contribution in [0.1, 0.15) is 44.1 Å². The van der Waals surface area contributed by atoms with Gasteiger partial charge in [-0.1, -0.05) is 43.2 Å². The summed E-state index contributed by atoms with van der Waals surface area (Å²) in [5, 5.41) is 17.3. The summed E-state index contributed by atoms with van der Waals surface area (Å²) < 4.78 is 5.20. The van der Waals surface area contributed by atoms with Crippen LogP contribution in [0.5, 0.6) is 0 Å². The van der Waals surface area contributed by atoms with Crippen LogP contribution in [0, 0.1) is 11.8 Å². The molecule has 2 fully saturated rings. The number of rotatable bonds is 10. The molecule has 0 radical (unpaired) electrons. The Hall–Kier alpha value is -3.10. The Bertz CT molecular complexity index is 796. The predicted octanol–water partition coefficient (Wildman–Crippen LogP) is 1.57. The molecule has 0 bridgehead atoms. The van der Waals surface area contributed by atoms with Crippen molar-refractivity contribution in [1.82, 2.24) is 16.0 Å². The standard InChI is InChI=1S/C22H29N3O6/c26-19-16(7-4-10-23-19)12-18(21(28)29)24-20(27)17(11-14-8-9-14)25-22(30)31-13-15-5-2-1-3-6-15/h1-3,5-6,14,16-18H,4,7-13H2,(H,23,26)(H,24,27)(H,25,30)(H,28,29)/t16-,17-,18-/m0/s1. The number of carbonyl (C=O) groups is 4. The second kappa shape index (κ2) is 10.8. The minimum atomic E-state index is -1.21. The molecule has 1 aliphatic heterocycles. The first-order valence-corrected chi connectivity index (χ1v) is 10.7. The van der Waals surface area contributed by atoms with Gasteiger partial charge in [0.25, 0.3) is 0 Å². The van der Waals surface area contributed by atoms with E-state index >= 15 is 0 Å². The largest absolute Gasteiger partial charge is 0.480 e. The molecular formula is C22H29N3O6. The number of carboxylic acid groups (broad SMARTS) is 1. The van der Waals surface area contributed by atoms with Gasteiger partial charge < -0.3 is 25.8 Å². The van der Waals surface area contributed by atoms with Gasteiger partial charge in [0.2, 0.25) is 11.8 Å². The number of ether oxygens (including phenoxy) is 1. The zero-order valence-corrected chi connectivity index (χ0v) is 17.3. The lowest BCUT2D eigenvalue weighted by Gasteiger charge is -2.26. The summed E-state index contributed by atoms with van der Waals surface area (Å²) in [5.41, 5.74) is 0.817. The molecule has 31 heavy (non-hydrogen) atoms. The molecule has 9 heteroatoms. The fraction of sp³-hybridized carbons (Fsp3) is 0.545. The third kappa shape index (κ3) is 7.27. The van der Waals surface area contributed by atoms with Crippen molar-refractivity contribution in [2.75, 3.05) is 6.54 Å². The van der Waals surface area contributed by atoms with Crippen LogP contribution in [0.4, 0.5) is 4.79 Å². The maximum absolute atomic E-state index is 12.8. The maximum atomic E-state index is 12.8. The monoisotopic (exact) mass is 431 g/mol. The van der Waals surface area contributed by atoms with Crippen LogP contribution in [0.3, 0.4) is 0 Å². The number of carbonyl (C=O) groups excluding carboxylic acids is 3. The molecule has 1 heterocycles. The van der Waals surface area contributed by atoms with Gasteiger partial charge in [0.15, 0.2) is 0 Å². The number of alkyl carbamates (subject to hydrolysis) is 1. The van der Waals surface area contributed by atoms with E-state index < -0.39 is 36.0 Å². The highest BCUT2D eigenvalue weighted by Crippen LogP contribution is 2.33. The first-order valence-electron chi connectivity index (χ1n) is 10.7. The van der Waals surface area contributed by atoms with Gasteiger partial charge in [0.1, 0.15) is 18.7 Å². The smallest absolute Gasteiger partial charge is 0.408 e. The summed E-state index contributed by atoms with van der Waals surface area (Å²) in [6.07, 6.45) is 2.99. The Balaban J connectivity index is 1.56. The second-order valence-electron chi connectivity index (χ2n) is 8.20. The topological polar surface area (TPSA) is 134 Å². The third-order valence-corrected chi connectivity index (χ3v) is 5.62. The normalized spacial score (nSPS) is 20.1. The summed E-state index contributed by atoms with van der Waals surface area (Å²) in [6.45, 7) is 0.650. The molecule has 9 nitrogen and oxygen atoms in total. The van der Waals surface area contributed by atoms with E-state index in [4.69, 9.17) is 4.74 Å². The van der Waals surface area contributed by atoms with Gasteiger partial charge in [-0.3, -0.25) is 9.59 Å². The SMILES string of the molecule is O=C(N[C@@H](CC1CC1)C(=O)N[C@@H](C[C@@H]1CCCNC1=O)C(=O)O)OCc1ccccc1. The Labute approximate surface area is 180 Å². The molecule has 168 valence electrons. The van der Waals surface area contributed by atoms with Crippen molar-refractivity contribution in [3.05, 3.63) is 35.9 Å². The molecule has 0 unspecified atom stereocenters. The molecule has 1 aromatic rings. The molecule has 3 rings (SSSR count). The highest BCUT2D eigenvalue weighted by molar-refractivity contribution is 5.89. The van der Waals surface area contributed by atoms with Gasteiger partial charge in [-0.25, -0.2) is 9.59 Å². The fourth-order valence-corrected chi connectivity index (χ4v) is 3.66. The number of carboxylic acids is 1. The van der Waals surface area contributed by atoms with Crippen molar-refractivity contribution in [2.24, 2.45) is 11.8 Å². The van der Waals surface area contributed by atoms with E-state index in [2.05, 4.69) is 16.0 Å². The van der Waals surface area contributed by atoms with Crippen molar-refractivity contribution < 1.29 is 29.0 Å². The van der Waals surface area contributed by atoms with E-state index in [1.807, 2.05) is 30.3 Å². The molecule has 1 aliphatic carbocycles. The fourth-order valence-electron chi connectivity index (χ4n) is 3.66. The van der Waals surface area contributed by atoms with E-state index in [1.54, 1.807) is 0 Å². The van der Waals surface area contributed by atoms with Crippen molar-refractivity contribution >= 4 is 23.9 Å². The summed E-state index contributed by atoms with van der Waals surface area (Å²) in [5.74, 6) is -2.11. The van der Waals surface area contributed by atoms with Crippen molar-refractivity contribution in [2.45, 2.75) is 57.2 Å². The maximum Gasteiger partial charge on any atom is 0.408 e. The quantitative estimate of drug-likeness (QED) is 0.444. The van der Waals surface area contributed by atoms with Gasteiger partial charge in [-0.15, -0.1) is 0 Å². The van der Waals surface area contributed by atoms with Crippen LogP contribution in [-0.4, -0.2) is 47.6 Å². The molecule has 3 atom stereocenters. The van der Waals surface area contributed by atoms with Crippen LogP contribution >= 0.6 is 0 Å². The van der Waals surface area contributed by atoms with E-state index in [1.165, 1.54) is 0 Å².